The Morgan fingerprint density at radius 1 is 0.360 bits per heavy atom. The number of anilines is 3. The predicted octanol–water partition coefficient (Wildman–Crippen LogP) is 13.7. The van der Waals surface area contributed by atoms with E-state index >= 15 is 0 Å². The third-order valence-electron chi connectivity index (χ3n) is 11.0. The van der Waals surface area contributed by atoms with E-state index in [0.29, 0.717) is 0 Å². The summed E-state index contributed by atoms with van der Waals surface area (Å²) in [6, 6.07) is 65.1. The average Bonchev–Trinajstić information content (AvgIpc) is 3.40. The summed E-state index contributed by atoms with van der Waals surface area (Å²) < 4.78 is 0. The van der Waals surface area contributed by atoms with Crippen LogP contribution in [0.3, 0.4) is 0 Å². The molecule has 1 aliphatic rings. The lowest BCUT2D eigenvalue weighted by Crippen LogP contribution is -2.16. The largest absolute Gasteiger partial charge is 0.310 e. The third-order valence-corrected chi connectivity index (χ3v) is 11.0. The number of hydrogen-bond donors (Lipinski definition) is 0. The van der Waals surface area contributed by atoms with Crippen molar-refractivity contribution in [1.82, 2.24) is 0 Å². The molecule has 0 N–H and O–H groups in total. The number of rotatable bonds is 4. The molecule has 0 saturated heterocycles. The van der Waals surface area contributed by atoms with Crippen molar-refractivity contribution in [2.75, 3.05) is 4.90 Å². The lowest BCUT2D eigenvalue weighted by Gasteiger charge is -2.29. The molecule has 0 heterocycles. The van der Waals surface area contributed by atoms with Gasteiger partial charge in [0, 0.05) is 22.5 Å². The van der Waals surface area contributed by atoms with Gasteiger partial charge in [-0.2, -0.15) is 0 Å². The first-order valence-electron chi connectivity index (χ1n) is 17.5. The summed E-state index contributed by atoms with van der Waals surface area (Å²) in [5, 5.41) is 10.1. The van der Waals surface area contributed by atoms with Gasteiger partial charge in [0.2, 0.25) is 0 Å². The van der Waals surface area contributed by atoms with Crippen LogP contribution in [0.15, 0.2) is 176 Å². The molecule has 0 bridgehead atoms. The van der Waals surface area contributed by atoms with Crippen LogP contribution in [0, 0.1) is 0 Å². The van der Waals surface area contributed by atoms with Crippen LogP contribution in [0.4, 0.5) is 17.1 Å². The number of hydrogen-bond acceptors (Lipinski definition) is 1. The maximum Gasteiger partial charge on any atom is 0.0468 e. The molecular formula is C49H35N. The summed E-state index contributed by atoms with van der Waals surface area (Å²) in [5.74, 6) is 0. The highest BCUT2D eigenvalue weighted by Gasteiger charge is 2.35. The summed E-state index contributed by atoms with van der Waals surface area (Å²) in [6.07, 6.45) is 0. The number of benzene rings is 9. The Bertz CT molecular complexity index is 2800. The van der Waals surface area contributed by atoms with Gasteiger partial charge < -0.3 is 4.90 Å². The molecule has 0 atom stereocenters. The van der Waals surface area contributed by atoms with Gasteiger partial charge in [-0.05, 0) is 119 Å². The second kappa shape index (κ2) is 10.9. The van der Waals surface area contributed by atoms with Crippen molar-refractivity contribution in [1.29, 1.82) is 0 Å². The molecule has 0 aliphatic heterocycles. The SMILES string of the molecule is CC1(C)c2ccccc2-c2ccc(N(c3cccc(-c4ccc5ccccc5c4)c3)c3ccc4ccc5ccc6ccccc6c5c4c3)cc21. The molecule has 0 saturated carbocycles. The maximum absolute atomic E-state index is 2.45. The number of nitrogens with zero attached hydrogens (tertiary/aromatic N) is 1. The fourth-order valence-electron chi connectivity index (χ4n) is 8.42. The van der Waals surface area contributed by atoms with Gasteiger partial charge in [-0.3, -0.25) is 0 Å². The fourth-order valence-corrected chi connectivity index (χ4v) is 8.42. The van der Waals surface area contributed by atoms with Crippen molar-refractivity contribution in [3.8, 4) is 22.3 Å². The maximum atomic E-state index is 2.45. The normalized spacial score (nSPS) is 13.2. The minimum absolute atomic E-state index is 0.0982. The molecular weight excluding hydrogens is 603 g/mol. The van der Waals surface area contributed by atoms with Crippen molar-refractivity contribution in [3.63, 3.8) is 0 Å². The van der Waals surface area contributed by atoms with E-state index < -0.39 is 0 Å². The molecule has 1 heteroatoms. The van der Waals surface area contributed by atoms with E-state index in [9.17, 15) is 0 Å². The van der Waals surface area contributed by atoms with Crippen molar-refractivity contribution in [2.24, 2.45) is 0 Å². The lowest BCUT2D eigenvalue weighted by molar-refractivity contribution is 0.660. The van der Waals surface area contributed by atoms with Gasteiger partial charge in [0.1, 0.15) is 0 Å². The summed E-state index contributed by atoms with van der Waals surface area (Å²) in [6.45, 7) is 4.72. The van der Waals surface area contributed by atoms with Gasteiger partial charge in [0.25, 0.3) is 0 Å². The van der Waals surface area contributed by atoms with Gasteiger partial charge in [-0.25, -0.2) is 0 Å². The quantitative estimate of drug-likeness (QED) is 0.174. The van der Waals surface area contributed by atoms with Gasteiger partial charge >= 0.3 is 0 Å². The molecule has 10 rings (SSSR count). The summed E-state index contributed by atoms with van der Waals surface area (Å²) in [7, 11) is 0. The lowest BCUT2D eigenvalue weighted by atomic mass is 9.82. The third kappa shape index (κ3) is 4.40. The van der Waals surface area contributed by atoms with Crippen LogP contribution in [0.25, 0.3) is 65.3 Å². The highest BCUT2D eigenvalue weighted by Crippen LogP contribution is 2.51. The minimum Gasteiger partial charge on any atom is -0.310 e. The van der Waals surface area contributed by atoms with Gasteiger partial charge in [0.15, 0.2) is 0 Å². The van der Waals surface area contributed by atoms with E-state index in [1.807, 2.05) is 0 Å². The fraction of sp³-hybridized carbons (Fsp3) is 0.0612. The Morgan fingerprint density at radius 3 is 1.84 bits per heavy atom. The highest BCUT2D eigenvalue weighted by atomic mass is 15.1. The molecule has 1 nitrogen and oxygen atoms in total. The Balaban J connectivity index is 1.21. The minimum atomic E-state index is -0.0982. The molecule has 0 amide bonds. The highest BCUT2D eigenvalue weighted by molar-refractivity contribution is 6.20. The summed E-state index contributed by atoms with van der Waals surface area (Å²) >= 11 is 0. The monoisotopic (exact) mass is 637 g/mol. The molecule has 0 radical (unpaired) electrons. The molecule has 0 fully saturated rings. The first-order valence-corrected chi connectivity index (χ1v) is 17.5. The zero-order valence-electron chi connectivity index (χ0n) is 28.2. The molecule has 50 heavy (non-hydrogen) atoms. The van der Waals surface area contributed by atoms with E-state index in [1.54, 1.807) is 0 Å². The molecule has 0 aromatic heterocycles. The summed E-state index contributed by atoms with van der Waals surface area (Å²) in [5.41, 5.74) is 11.2. The van der Waals surface area contributed by atoms with E-state index in [4.69, 9.17) is 0 Å². The van der Waals surface area contributed by atoms with Crippen molar-refractivity contribution in [3.05, 3.63) is 187 Å². The Kier molecular flexibility index (Phi) is 6.29. The average molecular weight is 638 g/mol. The molecule has 236 valence electrons. The Hall–Kier alpha value is -6.18. The standard InChI is InChI=1S/C49H35N/c1-49(2)46-17-8-7-16-43(46)44-27-26-41(31-47(44)49)50(39-14-9-13-37(29-39)38-23-18-32-10-3-4-12-36(32)28-38)40-25-24-34-20-22-35-21-19-33-11-5-6-15-42(33)48(35)45(34)30-40/h3-31H,1-2H3. The van der Waals surface area contributed by atoms with Crippen molar-refractivity contribution in [2.45, 2.75) is 19.3 Å². The zero-order valence-corrected chi connectivity index (χ0v) is 28.2. The molecule has 9 aromatic carbocycles. The second-order valence-electron chi connectivity index (χ2n) is 14.2. The van der Waals surface area contributed by atoms with E-state index in [-0.39, 0.29) is 5.41 Å². The smallest absolute Gasteiger partial charge is 0.0468 e. The summed E-state index contributed by atoms with van der Waals surface area (Å²) in [4.78, 5) is 2.45. The van der Waals surface area contributed by atoms with E-state index in [2.05, 4.69) is 195 Å². The van der Waals surface area contributed by atoms with Crippen molar-refractivity contribution < 1.29 is 0 Å². The van der Waals surface area contributed by atoms with Crippen LogP contribution in [0.5, 0.6) is 0 Å². The first-order chi connectivity index (χ1) is 24.5. The van der Waals surface area contributed by atoms with Gasteiger partial charge in [-0.15, -0.1) is 0 Å². The van der Waals surface area contributed by atoms with E-state index in [0.717, 1.165) is 17.1 Å². The van der Waals surface area contributed by atoms with E-state index in [1.165, 1.54) is 76.5 Å². The van der Waals surface area contributed by atoms with Crippen LogP contribution in [-0.4, -0.2) is 0 Å². The van der Waals surface area contributed by atoms with Crippen LogP contribution < -0.4 is 4.90 Å². The van der Waals surface area contributed by atoms with Crippen LogP contribution in [0.1, 0.15) is 25.0 Å². The van der Waals surface area contributed by atoms with Gasteiger partial charge in [0.05, 0.1) is 0 Å². The number of fused-ring (bicyclic) bond motifs is 9. The van der Waals surface area contributed by atoms with Crippen LogP contribution in [0.2, 0.25) is 0 Å². The Morgan fingerprint density at radius 2 is 0.960 bits per heavy atom. The second-order valence-corrected chi connectivity index (χ2v) is 14.2. The molecule has 0 unspecified atom stereocenters. The molecule has 0 spiro atoms. The predicted molar refractivity (Wildman–Crippen MR) is 214 cm³/mol. The topological polar surface area (TPSA) is 3.24 Å². The first kappa shape index (κ1) is 28.8. The van der Waals surface area contributed by atoms with Crippen molar-refractivity contribution >= 4 is 60.2 Å². The van der Waals surface area contributed by atoms with Crippen LogP contribution >= 0.6 is 0 Å². The zero-order chi connectivity index (χ0) is 33.4. The molecule has 9 aromatic rings. The Labute approximate surface area is 292 Å². The van der Waals surface area contributed by atoms with Gasteiger partial charge in [-0.1, -0.05) is 147 Å². The molecule has 1 aliphatic carbocycles. The van der Waals surface area contributed by atoms with Crippen LogP contribution in [-0.2, 0) is 5.41 Å².